The largest absolute Gasteiger partial charge is 0.534 e. The van der Waals surface area contributed by atoms with Crippen molar-refractivity contribution in [1.82, 2.24) is 4.40 Å². The lowest BCUT2D eigenvalue weighted by Crippen LogP contribution is -2.28. The second-order valence-electron chi connectivity index (χ2n) is 7.00. The molecule has 0 aliphatic rings. The predicted molar refractivity (Wildman–Crippen MR) is 113 cm³/mol. The molecule has 0 spiro atoms. The van der Waals surface area contributed by atoms with Crippen molar-refractivity contribution >= 4 is 37.3 Å². The fourth-order valence-electron chi connectivity index (χ4n) is 3.88. The van der Waals surface area contributed by atoms with E-state index in [1.54, 1.807) is 28.7 Å². The summed E-state index contributed by atoms with van der Waals surface area (Å²) < 4.78 is 68.7. The molecule has 2 aromatic heterocycles. The third-order valence-electron chi connectivity index (χ3n) is 5.15. The molecule has 0 radical (unpaired) electrons. The van der Waals surface area contributed by atoms with E-state index in [1.165, 1.54) is 6.20 Å². The van der Waals surface area contributed by atoms with E-state index < -0.39 is 15.6 Å². The van der Waals surface area contributed by atoms with E-state index in [0.29, 0.717) is 5.39 Å². The number of aromatic nitrogens is 1. The quantitative estimate of drug-likeness (QED) is 0.250. The van der Waals surface area contributed by atoms with Gasteiger partial charge in [-0.15, -0.1) is 0 Å². The second-order valence-corrected chi connectivity index (χ2v) is 8.54. The number of para-hydroxylation sites is 1. The van der Waals surface area contributed by atoms with Crippen LogP contribution in [-0.4, -0.2) is 18.3 Å². The van der Waals surface area contributed by atoms with Gasteiger partial charge in [-0.3, -0.25) is 0 Å². The number of benzene rings is 3. The highest BCUT2D eigenvalue weighted by Crippen LogP contribution is 2.42. The highest BCUT2D eigenvalue weighted by molar-refractivity contribution is 7.88. The summed E-state index contributed by atoms with van der Waals surface area (Å²) in [7, 11) is -5.82. The minimum Gasteiger partial charge on any atom is -0.374 e. The van der Waals surface area contributed by atoms with Crippen molar-refractivity contribution in [2.45, 2.75) is 5.51 Å². The van der Waals surface area contributed by atoms with Crippen LogP contribution in [0.25, 0.3) is 38.3 Å². The molecule has 3 aromatic carbocycles. The van der Waals surface area contributed by atoms with Crippen LogP contribution in [0.3, 0.4) is 0 Å². The predicted octanol–water partition coefficient (Wildman–Crippen LogP) is 6.14. The zero-order chi connectivity index (χ0) is 21.8. The highest BCUT2D eigenvalue weighted by atomic mass is 32.2. The molecule has 0 saturated carbocycles. The molecule has 0 aliphatic heterocycles. The average Bonchev–Trinajstić information content (AvgIpc) is 3.08. The monoisotopic (exact) mass is 441 g/mol. The summed E-state index contributed by atoms with van der Waals surface area (Å²) in [5.74, 6) is -0.388. The average molecular weight is 441 g/mol. The molecule has 0 saturated heterocycles. The van der Waals surface area contributed by atoms with Gasteiger partial charge in [0, 0.05) is 21.7 Å². The van der Waals surface area contributed by atoms with Crippen molar-refractivity contribution in [2.75, 3.05) is 0 Å². The fraction of sp³-hybridized carbons (Fsp3) is 0.0435. The molecule has 5 rings (SSSR count). The van der Waals surface area contributed by atoms with Gasteiger partial charge < -0.3 is 8.58 Å². The van der Waals surface area contributed by atoms with Crippen LogP contribution < -0.4 is 4.18 Å². The Kier molecular flexibility index (Phi) is 4.23. The van der Waals surface area contributed by atoms with Crippen molar-refractivity contribution in [3.63, 3.8) is 0 Å². The number of rotatable bonds is 3. The summed E-state index contributed by atoms with van der Waals surface area (Å²) in [5, 5.41) is 1.73. The van der Waals surface area contributed by atoms with E-state index in [0.717, 1.165) is 27.5 Å². The molecule has 156 valence electrons. The van der Waals surface area contributed by atoms with Crippen molar-refractivity contribution in [2.24, 2.45) is 0 Å². The Labute approximate surface area is 175 Å². The number of nitrogens with zero attached hydrogens (tertiary/aromatic N) is 1. The van der Waals surface area contributed by atoms with E-state index in [4.69, 9.17) is 0 Å². The Bertz CT molecular complexity index is 1560. The first kappa shape index (κ1) is 19.4. The summed E-state index contributed by atoms with van der Waals surface area (Å²) in [6.45, 7) is 0. The molecule has 4 nitrogen and oxygen atoms in total. The Morgan fingerprint density at radius 2 is 1.32 bits per heavy atom. The maximum absolute atomic E-state index is 13.0. The zero-order valence-electron chi connectivity index (χ0n) is 15.8. The van der Waals surface area contributed by atoms with Crippen LogP contribution in [0.5, 0.6) is 5.75 Å². The van der Waals surface area contributed by atoms with E-state index in [9.17, 15) is 21.6 Å². The summed E-state index contributed by atoms with van der Waals surface area (Å²) in [4.78, 5) is 0. The molecular weight excluding hydrogens is 427 g/mol. The number of halogens is 3. The molecule has 0 unspecified atom stereocenters. The summed E-state index contributed by atoms with van der Waals surface area (Å²) in [5.41, 5.74) is -2.23. The van der Waals surface area contributed by atoms with Crippen LogP contribution in [0.1, 0.15) is 0 Å². The lowest BCUT2D eigenvalue weighted by atomic mass is 10.0. The number of hydrogen-bond donors (Lipinski definition) is 0. The van der Waals surface area contributed by atoms with Crippen molar-refractivity contribution in [3.8, 4) is 16.9 Å². The Morgan fingerprint density at radius 1 is 0.742 bits per heavy atom. The minimum absolute atomic E-state index is 0.266. The Balaban J connectivity index is 1.93. The van der Waals surface area contributed by atoms with Crippen LogP contribution >= 0.6 is 0 Å². The van der Waals surface area contributed by atoms with Gasteiger partial charge in [-0.1, -0.05) is 72.8 Å². The van der Waals surface area contributed by atoms with Gasteiger partial charge in [0.05, 0.1) is 17.2 Å². The molecular formula is C23H14F3NO3S. The molecule has 31 heavy (non-hydrogen) atoms. The van der Waals surface area contributed by atoms with Gasteiger partial charge >= 0.3 is 15.6 Å². The second kappa shape index (κ2) is 6.75. The molecule has 0 amide bonds. The Morgan fingerprint density at radius 3 is 2.00 bits per heavy atom. The topological polar surface area (TPSA) is 47.8 Å². The summed E-state index contributed by atoms with van der Waals surface area (Å²) in [6.07, 6.45) is 1.30. The summed E-state index contributed by atoms with van der Waals surface area (Å²) in [6, 6.07) is 23.7. The fourth-order valence-corrected chi connectivity index (χ4v) is 4.35. The van der Waals surface area contributed by atoms with Crippen LogP contribution in [0, 0.1) is 0 Å². The molecule has 0 atom stereocenters. The zero-order valence-corrected chi connectivity index (χ0v) is 16.6. The SMILES string of the molecule is O=S(=O)(Oc1cn2c3ccccc3c(-c3ccccc3)c2c2ccccc12)C(F)(F)F. The standard InChI is InChI=1S/C23H14F3NO3S/c24-23(25,26)31(28,29)30-20-14-27-19-13-7-6-12-18(19)21(15-8-2-1-3-9-15)22(27)17-11-5-4-10-16(17)20/h1-14H. The highest BCUT2D eigenvalue weighted by Gasteiger charge is 2.48. The minimum atomic E-state index is -5.82. The van der Waals surface area contributed by atoms with Crippen LogP contribution in [0.15, 0.2) is 85.1 Å². The van der Waals surface area contributed by atoms with Crippen LogP contribution in [0.4, 0.5) is 13.2 Å². The van der Waals surface area contributed by atoms with Crippen molar-refractivity contribution < 1.29 is 25.8 Å². The normalized spacial score (nSPS) is 12.6. The molecule has 0 aliphatic carbocycles. The van der Waals surface area contributed by atoms with E-state index in [-0.39, 0.29) is 11.1 Å². The molecule has 0 bridgehead atoms. The van der Waals surface area contributed by atoms with Gasteiger partial charge in [-0.25, -0.2) is 0 Å². The van der Waals surface area contributed by atoms with E-state index in [1.807, 2.05) is 54.6 Å². The lowest BCUT2D eigenvalue weighted by Gasteiger charge is -2.13. The summed E-state index contributed by atoms with van der Waals surface area (Å²) >= 11 is 0. The number of hydrogen-bond acceptors (Lipinski definition) is 3. The number of alkyl halides is 3. The van der Waals surface area contributed by atoms with E-state index in [2.05, 4.69) is 4.18 Å². The van der Waals surface area contributed by atoms with Crippen molar-refractivity contribution in [1.29, 1.82) is 0 Å². The van der Waals surface area contributed by atoms with Gasteiger partial charge in [0.15, 0.2) is 5.75 Å². The smallest absolute Gasteiger partial charge is 0.374 e. The number of fused-ring (bicyclic) bond motifs is 5. The molecule has 0 N–H and O–H groups in total. The van der Waals surface area contributed by atoms with Gasteiger partial charge in [0.1, 0.15) is 0 Å². The van der Waals surface area contributed by atoms with Crippen LogP contribution in [0.2, 0.25) is 0 Å². The van der Waals surface area contributed by atoms with Crippen molar-refractivity contribution in [3.05, 3.63) is 85.1 Å². The lowest BCUT2D eigenvalue weighted by molar-refractivity contribution is -0.0499. The molecule has 0 fully saturated rings. The van der Waals surface area contributed by atoms with Gasteiger partial charge in [-0.05, 0) is 11.6 Å². The van der Waals surface area contributed by atoms with Gasteiger partial charge in [0.2, 0.25) is 0 Å². The maximum Gasteiger partial charge on any atom is 0.534 e. The molecule has 8 heteroatoms. The first-order valence-corrected chi connectivity index (χ1v) is 10.7. The van der Waals surface area contributed by atoms with Gasteiger partial charge in [0.25, 0.3) is 0 Å². The molecule has 2 heterocycles. The van der Waals surface area contributed by atoms with Crippen LogP contribution in [-0.2, 0) is 10.1 Å². The first-order valence-electron chi connectivity index (χ1n) is 9.28. The third-order valence-corrected chi connectivity index (χ3v) is 6.12. The Hall–Kier alpha value is -3.52. The number of pyridine rings is 1. The maximum atomic E-state index is 13.0. The first-order chi connectivity index (χ1) is 14.8. The van der Waals surface area contributed by atoms with Gasteiger partial charge in [-0.2, -0.15) is 21.6 Å². The third kappa shape index (κ3) is 3.02. The van der Waals surface area contributed by atoms with E-state index >= 15 is 0 Å². The molecule has 5 aromatic rings.